The van der Waals surface area contributed by atoms with Crippen molar-refractivity contribution in [2.45, 2.75) is 124 Å². The minimum Gasteiger partial charge on any atom is -0.462 e. The average Bonchev–Trinajstić information content (AvgIpc) is 3.59. The summed E-state index contributed by atoms with van der Waals surface area (Å²) in [6, 6.07) is 0. The van der Waals surface area contributed by atoms with Gasteiger partial charge in [-0.25, -0.2) is 0 Å². The number of ether oxygens (including phenoxy) is 4. The zero-order valence-electron chi connectivity index (χ0n) is 24.1. The molecule has 8 nitrogen and oxygen atoms in total. The summed E-state index contributed by atoms with van der Waals surface area (Å²) in [5.74, 6) is 0.533. The van der Waals surface area contributed by atoms with Crippen LogP contribution in [0.5, 0.6) is 0 Å². The Labute approximate surface area is 226 Å². The third-order valence-corrected chi connectivity index (χ3v) is 9.18. The topological polar surface area (TPSA) is 105 Å². The fourth-order valence-electron chi connectivity index (χ4n) is 7.45. The van der Waals surface area contributed by atoms with E-state index in [0.717, 1.165) is 25.2 Å². The quantitative estimate of drug-likeness (QED) is 0.332. The Kier molecular flexibility index (Phi) is 8.21. The number of hydrogen-bond donors (Lipinski definition) is 0. The normalized spacial score (nSPS) is 35.3. The monoisotopic (exact) mass is 534 g/mol. The molecular weight excluding hydrogens is 488 g/mol. The molecule has 1 aliphatic heterocycles. The van der Waals surface area contributed by atoms with Crippen molar-refractivity contribution in [1.29, 1.82) is 0 Å². The summed E-state index contributed by atoms with van der Waals surface area (Å²) in [5.41, 5.74) is -1.06. The van der Waals surface area contributed by atoms with Gasteiger partial charge in [-0.3, -0.25) is 19.2 Å². The van der Waals surface area contributed by atoms with Crippen LogP contribution in [0, 0.1) is 40.9 Å². The van der Waals surface area contributed by atoms with Crippen molar-refractivity contribution in [3.05, 3.63) is 0 Å². The molecule has 5 aliphatic rings. The molecule has 9 atom stereocenters. The molecule has 0 aromatic rings. The highest BCUT2D eigenvalue weighted by Crippen LogP contribution is 2.55. The predicted octanol–water partition coefficient (Wildman–Crippen LogP) is 5.00. The minimum absolute atomic E-state index is 0.0106. The molecule has 38 heavy (non-hydrogen) atoms. The zero-order valence-corrected chi connectivity index (χ0v) is 24.1. The lowest BCUT2D eigenvalue weighted by atomic mass is 9.81. The molecule has 4 bridgehead atoms. The van der Waals surface area contributed by atoms with Gasteiger partial charge in [0.05, 0.1) is 17.3 Å². The van der Waals surface area contributed by atoms with Crippen LogP contribution in [-0.2, 0) is 38.1 Å². The van der Waals surface area contributed by atoms with E-state index in [1.807, 2.05) is 41.5 Å². The highest BCUT2D eigenvalue weighted by molar-refractivity contribution is 5.79. The van der Waals surface area contributed by atoms with Gasteiger partial charge in [0.2, 0.25) is 0 Å². The summed E-state index contributed by atoms with van der Waals surface area (Å²) in [5, 5.41) is 0. The van der Waals surface area contributed by atoms with Crippen LogP contribution in [0.15, 0.2) is 0 Å². The van der Waals surface area contributed by atoms with Crippen molar-refractivity contribution in [3.63, 3.8) is 0 Å². The van der Waals surface area contributed by atoms with Crippen molar-refractivity contribution in [2.75, 3.05) is 0 Å². The van der Waals surface area contributed by atoms with Crippen molar-refractivity contribution in [3.8, 4) is 0 Å². The number of carbonyl (C=O) groups is 4. The molecule has 0 N–H and O–H groups in total. The van der Waals surface area contributed by atoms with Gasteiger partial charge in [0.15, 0.2) is 0 Å². The van der Waals surface area contributed by atoms with Crippen LogP contribution in [-0.4, -0.2) is 47.8 Å². The first-order valence-electron chi connectivity index (χ1n) is 14.5. The van der Waals surface area contributed by atoms with E-state index in [-0.39, 0.29) is 71.5 Å². The van der Waals surface area contributed by atoms with E-state index in [0.29, 0.717) is 18.8 Å². The summed E-state index contributed by atoms with van der Waals surface area (Å²) in [6.45, 7) is 12.6. The lowest BCUT2D eigenvalue weighted by Crippen LogP contribution is -2.39. The smallest absolute Gasteiger partial charge is 0.311 e. The number of esters is 4. The summed E-state index contributed by atoms with van der Waals surface area (Å²) in [6.07, 6.45) is 6.81. The van der Waals surface area contributed by atoms with Gasteiger partial charge in [-0.15, -0.1) is 0 Å². The van der Waals surface area contributed by atoms with Crippen LogP contribution < -0.4 is 0 Å². The van der Waals surface area contributed by atoms with E-state index in [2.05, 4.69) is 0 Å². The molecule has 0 aromatic heterocycles. The molecule has 5 rings (SSSR count). The fourth-order valence-corrected chi connectivity index (χ4v) is 7.45. The van der Waals surface area contributed by atoms with Crippen LogP contribution in [0.3, 0.4) is 0 Å². The molecule has 1 saturated heterocycles. The van der Waals surface area contributed by atoms with E-state index in [4.69, 9.17) is 18.9 Å². The maximum absolute atomic E-state index is 13.0. The minimum atomic E-state index is -0.735. The van der Waals surface area contributed by atoms with Gasteiger partial charge in [-0.1, -0.05) is 6.92 Å². The van der Waals surface area contributed by atoms with Crippen LogP contribution in [0.4, 0.5) is 0 Å². The Morgan fingerprint density at radius 1 is 0.974 bits per heavy atom. The summed E-state index contributed by atoms with van der Waals surface area (Å²) < 4.78 is 22.1. The molecule has 5 fully saturated rings. The first-order chi connectivity index (χ1) is 17.7. The third kappa shape index (κ3) is 6.20. The molecule has 0 amide bonds. The Balaban J connectivity index is 0.000000368. The van der Waals surface area contributed by atoms with Crippen molar-refractivity contribution in [2.24, 2.45) is 40.9 Å². The fraction of sp³-hybridized carbons (Fsp3) is 0.867. The van der Waals surface area contributed by atoms with E-state index < -0.39 is 5.41 Å². The SMILES string of the molecule is CC(=O)OC(C)(C)C.CCC(CC(C)(C)C(=O)OC1CC2CCC1C2)C(=O)OC1C2CC3C(=O)OC1C3C2. The molecule has 1 heterocycles. The molecular formula is C30H46O8. The molecule has 0 aromatic carbocycles. The highest BCUT2D eigenvalue weighted by atomic mass is 16.6. The molecule has 4 saturated carbocycles. The Bertz CT molecular complexity index is 933. The van der Waals surface area contributed by atoms with Gasteiger partial charge in [0.1, 0.15) is 23.9 Å². The van der Waals surface area contributed by atoms with E-state index in [1.54, 1.807) is 0 Å². The third-order valence-electron chi connectivity index (χ3n) is 9.18. The lowest BCUT2D eigenvalue weighted by Gasteiger charge is -2.31. The molecule has 0 radical (unpaired) electrons. The maximum Gasteiger partial charge on any atom is 0.311 e. The molecule has 8 heteroatoms. The van der Waals surface area contributed by atoms with Crippen molar-refractivity contribution in [1.82, 2.24) is 0 Å². The molecule has 4 aliphatic carbocycles. The number of rotatable bonds is 7. The lowest BCUT2D eigenvalue weighted by molar-refractivity contribution is -0.170. The Morgan fingerprint density at radius 2 is 1.68 bits per heavy atom. The van der Waals surface area contributed by atoms with Crippen LogP contribution in [0.2, 0.25) is 0 Å². The zero-order chi connectivity index (χ0) is 28.0. The first kappa shape index (κ1) is 28.9. The maximum atomic E-state index is 13.0. The Morgan fingerprint density at radius 3 is 2.21 bits per heavy atom. The number of carbonyl (C=O) groups excluding carboxylic acids is 4. The van der Waals surface area contributed by atoms with Gasteiger partial charge in [-0.2, -0.15) is 0 Å². The summed E-state index contributed by atoms with van der Waals surface area (Å²) in [4.78, 5) is 48.1. The number of hydrogen-bond acceptors (Lipinski definition) is 8. The van der Waals surface area contributed by atoms with Crippen molar-refractivity contribution >= 4 is 23.9 Å². The average molecular weight is 535 g/mol. The highest BCUT2D eigenvalue weighted by Gasteiger charge is 2.63. The van der Waals surface area contributed by atoms with Gasteiger partial charge in [0.25, 0.3) is 0 Å². The van der Waals surface area contributed by atoms with E-state index >= 15 is 0 Å². The molecule has 214 valence electrons. The summed E-state index contributed by atoms with van der Waals surface area (Å²) in [7, 11) is 0. The van der Waals surface area contributed by atoms with E-state index in [1.165, 1.54) is 26.2 Å². The second kappa shape index (κ2) is 10.8. The standard InChI is InChI=1S/C24H34O6.C6H12O2/c1-4-13(11-24(2,3)23(27)28-18-8-12-5-6-14(18)7-12)21(25)29-19-15-9-16-17(10-15)22(26)30-20(16)19;1-5(7)8-6(2,3)4/h12-20H,4-11H2,1-3H3;1-4H3. The first-order valence-corrected chi connectivity index (χ1v) is 14.5. The second-order valence-electron chi connectivity index (χ2n) is 13.8. The van der Waals surface area contributed by atoms with E-state index in [9.17, 15) is 19.2 Å². The predicted molar refractivity (Wildman–Crippen MR) is 138 cm³/mol. The Hall–Kier alpha value is -2.12. The van der Waals surface area contributed by atoms with Crippen LogP contribution in [0.1, 0.15) is 99.8 Å². The number of fused-ring (bicyclic) bond motifs is 3. The van der Waals surface area contributed by atoms with Crippen molar-refractivity contribution < 1.29 is 38.1 Å². The summed E-state index contributed by atoms with van der Waals surface area (Å²) >= 11 is 0. The second-order valence-corrected chi connectivity index (χ2v) is 13.8. The molecule has 0 spiro atoms. The van der Waals surface area contributed by atoms with Crippen LogP contribution >= 0.6 is 0 Å². The van der Waals surface area contributed by atoms with Gasteiger partial charge < -0.3 is 18.9 Å². The largest absolute Gasteiger partial charge is 0.462 e. The molecule has 9 unspecified atom stereocenters. The van der Waals surface area contributed by atoms with Gasteiger partial charge in [-0.05, 0) is 97.8 Å². The van der Waals surface area contributed by atoms with Gasteiger partial charge in [0, 0.05) is 18.8 Å². The van der Waals surface area contributed by atoms with Crippen LogP contribution in [0.25, 0.3) is 0 Å². The van der Waals surface area contributed by atoms with Gasteiger partial charge >= 0.3 is 23.9 Å².